The van der Waals surface area contributed by atoms with Crippen LogP contribution < -0.4 is 26.5 Å². The van der Waals surface area contributed by atoms with Crippen LogP contribution in [0, 0.1) is 0 Å². The van der Waals surface area contributed by atoms with E-state index < -0.39 is 56.6 Å². The monoisotopic (exact) mass is 468 g/mol. The van der Waals surface area contributed by atoms with E-state index >= 15 is 0 Å². The molecule has 2 heterocycles. The van der Waals surface area contributed by atoms with Crippen molar-refractivity contribution in [1.82, 2.24) is 14.6 Å². The van der Waals surface area contributed by atoms with Crippen LogP contribution in [0.1, 0.15) is 11.8 Å². The summed E-state index contributed by atoms with van der Waals surface area (Å²) in [5, 5.41) is 33.6. The van der Waals surface area contributed by atoms with E-state index in [0.717, 1.165) is 4.57 Å². The largest absolute Gasteiger partial charge is 0.766 e. The van der Waals surface area contributed by atoms with Crippen LogP contribution in [-0.4, -0.2) is 56.7 Å². The third-order valence-corrected chi connectivity index (χ3v) is 5.87. The average molecular weight is 468 g/mol. The predicted molar refractivity (Wildman–Crippen MR) is 104 cm³/mol. The van der Waals surface area contributed by atoms with Gasteiger partial charge in [0.25, 0.3) is 0 Å². The fraction of sp³-hybridized carbons (Fsp3) is 0.389. The number of carboxylic acids is 1. The van der Waals surface area contributed by atoms with E-state index in [0.29, 0.717) is 5.56 Å². The highest BCUT2D eigenvalue weighted by Crippen LogP contribution is 2.36. The summed E-state index contributed by atoms with van der Waals surface area (Å²) in [6.45, 7) is -0.759. The SMILES string of the molecule is Nc1ccn(C2OC(COP(=O)([O-])N[C@@H](Cc3ccccc3)C(=O)[O-])C(O)C2O)c(=O)n1. The molecule has 3 rings (SSSR count). The molecular weight excluding hydrogens is 447 g/mol. The van der Waals surface area contributed by atoms with Gasteiger partial charge in [-0.25, -0.2) is 9.88 Å². The van der Waals surface area contributed by atoms with E-state index in [1.165, 1.54) is 12.3 Å². The van der Waals surface area contributed by atoms with Crippen LogP contribution in [-0.2, 0) is 25.0 Å². The highest BCUT2D eigenvalue weighted by Gasteiger charge is 2.44. The molecule has 5 N–H and O–H groups in total. The smallest absolute Gasteiger partial charge is 0.351 e. The highest BCUT2D eigenvalue weighted by molar-refractivity contribution is 7.49. The molecule has 6 atom stereocenters. The molecule has 2 aromatic rings. The summed E-state index contributed by atoms with van der Waals surface area (Å²) in [4.78, 5) is 39.0. The van der Waals surface area contributed by atoms with E-state index in [1.807, 2.05) is 5.09 Å². The van der Waals surface area contributed by atoms with Crippen LogP contribution in [0.5, 0.6) is 0 Å². The Bertz CT molecular complexity index is 1050. The molecule has 1 aliphatic heterocycles. The van der Waals surface area contributed by atoms with Crippen molar-refractivity contribution in [3.8, 4) is 0 Å². The van der Waals surface area contributed by atoms with Gasteiger partial charge < -0.3 is 40.0 Å². The molecule has 0 bridgehead atoms. The van der Waals surface area contributed by atoms with Gasteiger partial charge >= 0.3 is 5.69 Å². The topological polar surface area (TPSA) is 212 Å². The Morgan fingerprint density at radius 2 is 2.00 bits per heavy atom. The van der Waals surface area contributed by atoms with Crippen molar-refractivity contribution in [3.05, 3.63) is 58.6 Å². The number of carboxylic acid groups (broad SMARTS) is 1. The molecule has 0 aliphatic carbocycles. The second-order valence-electron chi connectivity index (χ2n) is 7.07. The second kappa shape index (κ2) is 9.88. The normalized spacial score (nSPS) is 25.8. The number of aromatic nitrogens is 2. The molecule has 0 radical (unpaired) electrons. The van der Waals surface area contributed by atoms with Crippen LogP contribution in [0.2, 0.25) is 0 Å². The Kier molecular flexibility index (Phi) is 7.41. The Morgan fingerprint density at radius 1 is 1.31 bits per heavy atom. The van der Waals surface area contributed by atoms with Crippen LogP contribution in [0.3, 0.4) is 0 Å². The molecule has 14 heteroatoms. The number of hydrogen-bond acceptors (Lipinski definition) is 11. The number of nitrogens with zero attached hydrogens (tertiary/aromatic N) is 2. The van der Waals surface area contributed by atoms with Gasteiger partial charge in [0.15, 0.2) is 6.23 Å². The summed E-state index contributed by atoms with van der Waals surface area (Å²) in [5.74, 6) is -1.72. The van der Waals surface area contributed by atoms with E-state index in [1.54, 1.807) is 30.3 Å². The number of rotatable bonds is 9. The van der Waals surface area contributed by atoms with Crippen LogP contribution in [0.15, 0.2) is 47.4 Å². The van der Waals surface area contributed by atoms with Crippen LogP contribution >= 0.6 is 7.75 Å². The molecular formula is C18H21N4O9P-2. The molecule has 1 aromatic heterocycles. The molecule has 1 aliphatic rings. The number of benzene rings is 1. The number of aliphatic hydroxyl groups is 2. The fourth-order valence-corrected chi connectivity index (χ4v) is 4.14. The van der Waals surface area contributed by atoms with Gasteiger partial charge in [-0.3, -0.25) is 9.13 Å². The van der Waals surface area contributed by atoms with Crippen LogP contribution in [0.4, 0.5) is 5.82 Å². The minimum absolute atomic E-state index is 0.0597. The van der Waals surface area contributed by atoms with Gasteiger partial charge in [0.2, 0.25) is 7.75 Å². The van der Waals surface area contributed by atoms with Gasteiger partial charge in [-0.2, -0.15) is 4.98 Å². The second-order valence-corrected chi connectivity index (χ2v) is 8.58. The van der Waals surface area contributed by atoms with Crippen molar-refractivity contribution in [2.24, 2.45) is 0 Å². The summed E-state index contributed by atoms with van der Waals surface area (Å²) in [6, 6.07) is 7.95. The van der Waals surface area contributed by atoms with Crippen LogP contribution in [0.25, 0.3) is 0 Å². The first kappa shape index (κ1) is 24.0. The summed E-state index contributed by atoms with van der Waals surface area (Å²) in [6.07, 6.45) is -4.91. The fourth-order valence-electron chi connectivity index (χ4n) is 3.15. The van der Waals surface area contributed by atoms with Crippen molar-refractivity contribution in [2.75, 3.05) is 12.3 Å². The first-order valence-corrected chi connectivity index (χ1v) is 11.0. The van der Waals surface area contributed by atoms with E-state index in [-0.39, 0.29) is 12.2 Å². The third kappa shape index (κ3) is 5.78. The lowest BCUT2D eigenvalue weighted by Gasteiger charge is -2.31. The molecule has 1 fully saturated rings. The maximum absolute atomic E-state index is 12.2. The number of ether oxygens (including phenoxy) is 1. The average Bonchev–Trinajstić information content (AvgIpc) is 3.01. The van der Waals surface area contributed by atoms with Gasteiger partial charge in [0, 0.05) is 6.20 Å². The number of aliphatic hydroxyl groups excluding tert-OH is 2. The number of nitrogens with two attached hydrogens (primary N) is 1. The number of aliphatic carboxylic acids is 1. The van der Waals surface area contributed by atoms with E-state index in [2.05, 4.69) is 4.98 Å². The van der Waals surface area contributed by atoms with Gasteiger partial charge in [-0.05, 0) is 18.1 Å². The van der Waals surface area contributed by atoms with Crippen molar-refractivity contribution in [2.45, 2.75) is 37.0 Å². The first-order chi connectivity index (χ1) is 15.1. The van der Waals surface area contributed by atoms with E-state index in [4.69, 9.17) is 15.0 Å². The quantitative estimate of drug-likeness (QED) is 0.269. The molecule has 5 unspecified atom stereocenters. The Morgan fingerprint density at radius 3 is 2.62 bits per heavy atom. The number of nitrogen functional groups attached to an aromatic ring is 1. The minimum atomic E-state index is -4.94. The Balaban J connectivity index is 1.63. The van der Waals surface area contributed by atoms with Gasteiger partial charge in [0.05, 0.1) is 18.6 Å². The van der Waals surface area contributed by atoms with Crippen molar-refractivity contribution < 1.29 is 38.8 Å². The zero-order chi connectivity index (χ0) is 23.5. The van der Waals surface area contributed by atoms with E-state index in [9.17, 15) is 34.4 Å². The predicted octanol–water partition coefficient (Wildman–Crippen LogP) is -3.12. The number of nitrogens with one attached hydrogen (secondary N) is 1. The summed E-state index contributed by atoms with van der Waals surface area (Å²) >= 11 is 0. The minimum Gasteiger partial charge on any atom is -0.766 e. The lowest BCUT2D eigenvalue weighted by atomic mass is 10.1. The molecule has 1 saturated heterocycles. The van der Waals surface area contributed by atoms with Gasteiger partial charge in [-0.15, -0.1) is 0 Å². The summed E-state index contributed by atoms with van der Waals surface area (Å²) in [7, 11) is -4.94. The molecule has 32 heavy (non-hydrogen) atoms. The lowest BCUT2D eigenvalue weighted by molar-refractivity contribution is -0.308. The molecule has 0 spiro atoms. The van der Waals surface area contributed by atoms with Crippen molar-refractivity contribution >= 4 is 19.5 Å². The molecule has 13 nitrogen and oxygen atoms in total. The Labute approximate surface area is 181 Å². The molecule has 0 amide bonds. The van der Waals surface area contributed by atoms with Gasteiger partial charge in [-0.1, -0.05) is 30.3 Å². The van der Waals surface area contributed by atoms with Gasteiger partial charge in [0.1, 0.15) is 24.1 Å². The molecule has 0 saturated carbocycles. The molecule has 1 aromatic carbocycles. The zero-order valence-corrected chi connectivity index (χ0v) is 17.4. The number of carbonyl (C=O) groups excluding carboxylic acids is 1. The summed E-state index contributed by atoms with van der Waals surface area (Å²) in [5.41, 5.74) is 5.11. The maximum Gasteiger partial charge on any atom is 0.351 e. The first-order valence-electron chi connectivity index (χ1n) is 9.42. The zero-order valence-electron chi connectivity index (χ0n) is 16.5. The summed E-state index contributed by atoms with van der Waals surface area (Å²) < 4.78 is 23.3. The third-order valence-electron chi connectivity index (χ3n) is 4.75. The number of anilines is 1. The lowest BCUT2D eigenvalue weighted by Crippen LogP contribution is -2.47. The van der Waals surface area contributed by atoms with Crippen molar-refractivity contribution in [3.63, 3.8) is 0 Å². The van der Waals surface area contributed by atoms with Crippen molar-refractivity contribution in [1.29, 1.82) is 0 Å². The maximum atomic E-state index is 12.2. The Hall–Kier alpha value is -2.64. The number of hydrogen-bond donors (Lipinski definition) is 4. The highest BCUT2D eigenvalue weighted by atomic mass is 31.2. The molecule has 174 valence electrons. The number of carbonyl (C=O) groups is 1. The standard InChI is InChI=1S/C18H23N4O9P/c19-13-6-7-22(18(27)20-13)16-15(24)14(23)12(31-16)9-30-32(28,29)21-11(17(25)26)8-10-4-2-1-3-5-10/h1-7,11-12,14-16,23-24H,8-9H2,(H,25,26)(H2,19,20,27)(H2,21,28,29)/p-2/t11-,12?,14?,15?,16?/m0/s1.